The highest BCUT2D eigenvalue weighted by Gasteiger charge is 2.26. The zero-order valence-electron chi connectivity index (χ0n) is 16.9. The van der Waals surface area contributed by atoms with Crippen molar-refractivity contribution in [2.24, 2.45) is 0 Å². The Labute approximate surface area is 175 Å². The molecule has 5 heteroatoms. The molecule has 29 heavy (non-hydrogen) atoms. The van der Waals surface area contributed by atoms with Crippen LogP contribution >= 0.6 is 11.3 Å². The fraction of sp³-hybridized carbons (Fsp3) is 0.250. The lowest BCUT2D eigenvalue weighted by molar-refractivity contribution is 0.0991. The van der Waals surface area contributed by atoms with Gasteiger partial charge in [0, 0.05) is 23.5 Å². The summed E-state index contributed by atoms with van der Waals surface area (Å²) in [5.41, 5.74) is 4.64. The van der Waals surface area contributed by atoms with Gasteiger partial charge >= 0.3 is 0 Å². The first kappa shape index (κ1) is 19.4. The van der Waals surface area contributed by atoms with E-state index in [0.717, 1.165) is 28.2 Å². The van der Waals surface area contributed by atoms with E-state index in [2.05, 4.69) is 26.1 Å². The predicted octanol–water partition coefficient (Wildman–Crippen LogP) is 5.50. The smallest absolute Gasteiger partial charge is 0.268 e. The third kappa shape index (κ3) is 3.96. The summed E-state index contributed by atoms with van der Waals surface area (Å²) in [6.07, 6.45) is 0.788. The Morgan fingerprint density at radius 2 is 1.79 bits per heavy atom. The lowest BCUT2D eigenvalue weighted by atomic mass is 9.87. The van der Waals surface area contributed by atoms with E-state index in [-0.39, 0.29) is 17.2 Å². The van der Waals surface area contributed by atoms with Gasteiger partial charge in [0.25, 0.3) is 11.8 Å². The number of nitrogens with one attached hydrogen (secondary N) is 1. The number of carbonyl (C=O) groups excluding carboxylic acids is 2. The second-order valence-electron chi connectivity index (χ2n) is 8.31. The summed E-state index contributed by atoms with van der Waals surface area (Å²) >= 11 is 1.46. The molecule has 1 aliphatic rings. The average Bonchev–Trinajstić information content (AvgIpc) is 3.36. The van der Waals surface area contributed by atoms with Crippen LogP contribution in [0.25, 0.3) is 0 Å². The van der Waals surface area contributed by atoms with Crippen LogP contribution in [0.15, 0.2) is 60.0 Å². The third-order valence-corrected chi connectivity index (χ3v) is 6.08. The molecule has 0 aliphatic carbocycles. The van der Waals surface area contributed by atoms with Crippen molar-refractivity contribution < 1.29 is 9.59 Å². The topological polar surface area (TPSA) is 49.4 Å². The minimum atomic E-state index is -0.130. The van der Waals surface area contributed by atoms with Crippen molar-refractivity contribution in [3.05, 3.63) is 81.5 Å². The number of thiophene rings is 1. The van der Waals surface area contributed by atoms with Crippen molar-refractivity contribution in [1.82, 2.24) is 0 Å². The largest absolute Gasteiger partial charge is 0.322 e. The number of benzene rings is 2. The highest BCUT2D eigenvalue weighted by atomic mass is 32.1. The number of fused-ring (bicyclic) bond motifs is 1. The van der Waals surface area contributed by atoms with Crippen molar-refractivity contribution in [1.29, 1.82) is 0 Å². The fourth-order valence-corrected chi connectivity index (χ4v) is 4.22. The number of hydrogen-bond donors (Lipinski definition) is 1. The molecule has 4 nitrogen and oxygen atoms in total. The number of anilines is 2. The number of amides is 2. The highest BCUT2D eigenvalue weighted by Crippen LogP contribution is 2.32. The zero-order valence-corrected chi connectivity index (χ0v) is 17.7. The minimum Gasteiger partial charge on any atom is -0.322 e. The predicted molar refractivity (Wildman–Crippen MR) is 119 cm³/mol. The molecule has 4 rings (SSSR count). The number of nitrogens with zero attached hydrogens (tertiary/aromatic N) is 1. The van der Waals surface area contributed by atoms with Crippen LogP contribution < -0.4 is 10.2 Å². The van der Waals surface area contributed by atoms with Gasteiger partial charge in [-0.2, -0.15) is 0 Å². The number of hydrogen-bond acceptors (Lipinski definition) is 3. The van der Waals surface area contributed by atoms with Crippen molar-refractivity contribution in [2.75, 3.05) is 16.8 Å². The molecule has 0 saturated carbocycles. The second-order valence-corrected chi connectivity index (χ2v) is 9.26. The molecule has 1 aliphatic heterocycles. The Morgan fingerprint density at radius 1 is 1.03 bits per heavy atom. The summed E-state index contributed by atoms with van der Waals surface area (Å²) in [4.78, 5) is 27.9. The molecule has 3 aromatic rings. The molecule has 0 unspecified atom stereocenters. The van der Waals surface area contributed by atoms with Crippen LogP contribution in [-0.2, 0) is 11.8 Å². The summed E-state index contributed by atoms with van der Waals surface area (Å²) in [7, 11) is 0. The minimum absolute atomic E-state index is 0.0365. The van der Waals surface area contributed by atoms with Gasteiger partial charge in [-0.25, -0.2) is 0 Å². The lowest BCUT2D eigenvalue weighted by Gasteiger charge is -2.19. The van der Waals surface area contributed by atoms with E-state index in [9.17, 15) is 9.59 Å². The molecule has 0 saturated heterocycles. The van der Waals surface area contributed by atoms with Crippen molar-refractivity contribution in [3.8, 4) is 0 Å². The summed E-state index contributed by atoms with van der Waals surface area (Å²) < 4.78 is 0. The molecule has 2 heterocycles. The summed E-state index contributed by atoms with van der Waals surface area (Å²) in [6.45, 7) is 7.12. The molecule has 2 aromatic carbocycles. The first-order valence-corrected chi connectivity index (χ1v) is 10.6. The summed E-state index contributed by atoms with van der Waals surface area (Å²) in [6, 6.07) is 17.2. The van der Waals surface area contributed by atoms with Crippen LogP contribution in [0, 0.1) is 0 Å². The second kappa shape index (κ2) is 7.48. The maximum atomic E-state index is 12.7. The molecule has 1 N–H and O–H groups in total. The van der Waals surface area contributed by atoms with Crippen LogP contribution in [0.3, 0.4) is 0 Å². The average molecular weight is 405 g/mol. The van der Waals surface area contributed by atoms with Crippen LogP contribution in [0.5, 0.6) is 0 Å². The number of carbonyl (C=O) groups is 2. The van der Waals surface area contributed by atoms with E-state index in [1.54, 1.807) is 0 Å². The van der Waals surface area contributed by atoms with E-state index in [4.69, 9.17) is 0 Å². The summed E-state index contributed by atoms with van der Waals surface area (Å²) in [5, 5.41) is 4.89. The van der Waals surface area contributed by atoms with Gasteiger partial charge in [0.15, 0.2) is 0 Å². The standard InChI is InChI=1S/C24H24N2O2S/c1-24(2,3)18-8-6-16(7-9-18)22(27)25-19-10-11-20-17(15-19)12-13-26(20)23(28)21-5-4-14-29-21/h4-11,14-15H,12-13H2,1-3H3,(H,25,27). The van der Waals surface area contributed by atoms with Gasteiger partial charge in [-0.05, 0) is 64.7 Å². The highest BCUT2D eigenvalue weighted by molar-refractivity contribution is 7.12. The summed E-state index contributed by atoms with van der Waals surface area (Å²) in [5.74, 6) is -0.0932. The van der Waals surface area contributed by atoms with E-state index in [0.29, 0.717) is 12.1 Å². The van der Waals surface area contributed by atoms with E-state index in [1.807, 2.05) is 64.9 Å². The quantitative estimate of drug-likeness (QED) is 0.626. The molecule has 0 spiro atoms. The van der Waals surface area contributed by atoms with Crippen LogP contribution in [0.4, 0.5) is 11.4 Å². The molecule has 1 aromatic heterocycles. The van der Waals surface area contributed by atoms with Gasteiger partial charge in [0.05, 0.1) is 4.88 Å². The molecular formula is C24H24N2O2S. The van der Waals surface area contributed by atoms with Gasteiger partial charge in [-0.15, -0.1) is 11.3 Å². The molecule has 148 valence electrons. The van der Waals surface area contributed by atoms with E-state index in [1.165, 1.54) is 16.9 Å². The Kier molecular flexibility index (Phi) is 5.01. The SMILES string of the molecule is CC(C)(C)c1ccc(C(=O)Nc2ccc3c(c2)CCN3C(=O)c2cccs2)cc1. The Balaban J connectivity index is 1.48. The molecule has 2 amide bonds. The molecule has 0 radical (unpaired) electrons. The molecule has 0 fully saturated rings. The van der Waals surface area contributed by atoms with Gasteiger partial charge in [-0.3, -0.25) is 9.59 Å². The van der Waals surface area contributed by atoms with Gasteiger partial charge in [0.2, 0.25) is 0 Å². The maximum absolute atomic E-state index is 12.7. The van der Waals surface area contributed by atoms with Crippen LogP contribution in [0.2, 0.25) is 0 Å². The Bertz CT molecular complexity index is 1050. The van der Waals surface area contributed by atoms with Gasteiger partial charge < -0.3 is 10.2 Å². The van der Waals surface area contributed by atoms with E-state index < -0.39 is 0 Å². The monoisotopic (exact) mass is 404 g/mol. The van der Waals surface area contributed by atoms with Gasteiger partial charge in [0.1, 0.15) is 0 Å². The lowest BCUT2D eigenvalue weighted by Crippen LogP contribution is -2.28. The van der Waals surface area contributed by atoms with E-state index >= 15 is 0 Å². The van der Waals surface area contributed by atoms with Crippen LogP contribution in [0.1, 0.15) is 51.9 Å². The Morgan fingerprint density at radius 3 is 2.45 bits per heavy atom. The number of rotatable bonds is 3. The Hall–Kier alpha value is -2.92. The van der Waals surface area contributed by atoms with Crippen LogP contribution in [-0.4, -0.2) is 18.4 Å². The molecule has 0 atom stereocenters. The molecular weight excluding hydrogens is 380 g/mol. The van der Waals surface area contributed by atoms with Crippen molar-refractivity contribution >= 4 is 34.5 Å². The maximum Gasteiger partial charge on any atom is 0.268 e. The normalized spacial score (nSPS) is 13.3. The first-order chi connectivity index (χ1) is 13.8. The third-order valence-electron chi connectivity index (χ3n) is 5.22. The zero-order chi connectivity index (χ0) is 20.6. The van der Waals surface area contributed by atoms with Crippen molar-refractivity contribution in [2.45, 2.75) is 32.6 Å². The fourth-order valence-electron chi connectivity index (χ4n) is 3.55. The van der Waals surface area contributed by atoms with Gasteiger partial charge in [-0.1, -0.05) is 39.0 Å². The van der Waals surface area contributed by atoms with Crippen molar-refractivity contribution in [3.63, 3.8) is 0 Å². The first-order valence-electron chi connectivity index (χ1n) is 9.73. The molecule has 0 bridgehead atoms.